The average Bonchev–Trinajstić information content (AvgIpc) is 2.87. The lowest BCUT2D eigenvalue weighted by atomic mass is 10.3. The fraction of sp³-hybridized carbons (Fsp3) is 0.500. The molecule has 0 aliphatic heterocycles. The van der Waals surface area contributed by atoms with Gasteiger partial charge in [0.25, 0.3) is 0 Å². The van der Waals surface area contributed by atoms with Crippen LogP contribution in [0, 0.1) is 0 Å². The molecule has 8 heteroatoms. The molecule has 18 heavy (non-hydrogen) atoms. The monoisotopic (exact) mass is 273 g/mol. The van der Waals surface area contributed by atoms with Gasteiger partial charge in [0.1, 0.15) is 11.6 Å². The summed E-state index contributed by atoms with van der Waals surface area (Å²) >= 11 is 1.18. The second-order valence-corrected chi connectivity index (χ2v) is 3.77. The summed E-state index contributed by atoms with van der Waals surface area (Å²) in [6, 6.07) is 0. The summed E-state index contributed by atoms with van der Waals surface area (Å²) in [5.74, 6) is -0.456. The molecule has 0 aliphatic carbocycles. The molecular formula is C10H15N3O4S. The van der Waals surface area contributed by atoms with Gasteiger partial charge in [0.05, 0.1) is 25.0 Å². The van der Waals surface area contributed by atoms with E-state index in [4.69, 9.17) is 14.5 Å². The zero-order valence-electron chi connectivity index (χ0n) is 10.2. The Morgan fingerprint density at radius 2 is 2.28 bits per heavy atom. The van der Waals surface area contributed by atoms with Crippen molar-refractivity contribution >= 4 is 22.5 Å². The van der Waals surface area contributed by atoms with Gasteiger partial charge in [-0.05, 0) is 13.8 Å². The quantitative estimate of drug-likeness (QED) is 0.252. The van der Waals surface area contributed by atoms with Gasteiger partial charge in [-0.25, -0.2) is 14.6 Å². The maximum atomic E-state index is 11.6. The van der Waals surface area contributed by atoms with Crippen LogP contribution >= 0.6 is 11.5 Å². The van der Waals surface area contributed by atoms with Gasteiger partial charge in [0, 0.05) is 17.7 Å². The Hall–Kier alpha value is -1.51. The number of hydrogen-bond donors (Lipinski definition) is 1. The van der Waals surface area contributed by atoms with Crippen LogP contribution in [0.1, 0.15) is 13.8 Å². The Labute approximate surface area is 109 Å². The lowest BCUT2D eigenvalue weighted by molar-refractivity contribution is -0.284. The number of aromatic nitrogens is 2. The normalized spacial score (nSPS) is 11.3. The number of anilines is 1. The van der Waals surface area contributed by atoms with Crippen molar-refractivity contribution in [2.24, 2.45) is 0 Å². The zero-order chi connectivity index (χ0) is 13.2. The highest BCUT2D eigenvalue weighted by Gasteiger charge is 2.11. The van der Waals surface area contributed by atoms with Crippen LogP contribution in [0.3, 0.4) is 0 Å². The van der Waals surface area contributed by atoms with Gasteiger partial charge < -0.3 is 10.1 Å². The van der Waals surface area contributed by atoms with E-state index in [9.17, 15) is 4.79 Å². The largest absolute Gasteiger partial charge is 0.463 e. The van der Waals surface area contributed by atoms with E-state index in [1.807, 2.05) is 0 Å². The van der Waals surface area contributed by atoms with Crippen LogP contribution in [-0.4, -0.2) is 35.4 Å². The standard InChI is InChI=1S/C10H15N3O4S/c1-3-15-10(14)8(7-17-16-4-2)5-11-9-6-12-13-18-9/h5-6,11H,3-4,7H2,1-2H3/b8-5+. The predicted molar refractivity (Wildman–Crippen MR) is 65.8 cm³/mol. The van der Waals surface area contributed by atoms with Crippen molar-refractivity contribution in [1.29, 1.82) is 0 Å². The molecule has 1 aromatic rings. The van der Waals surface area contributed by atoms with Crippen LogP contribution in [0.2, 0.25) is 0 Å². The average molecular weight is 273 g/mol. The Morgan fingerprint density at radius 1 is 1.44 bits per heavy atom. The first-order chi connectivity index (χ1) is 8.77. The van der Waals surface area contributed by atoms with Gasteiger partial charge in [0.15, 0.2) is 0 Å². The Bertz CT molecular complexity index is 380. The molecule has 0 amide bonds. The Morgan fingerprint density at radius 3 is 2.89 bits per heavy atom. The van der Waals surface area contributed by atoms with Crippen LogP contribution in [0.25, 0.3) is 0 Å². The second-order valence-electron chi connectivity index (χ2n) is 2.98. The van der Waals surface area contributed by atoms with Gasteiger partial charge in [0.2, 0.25) is 0 Å². The third kappa shape index (κ3) is 5.21. The number of carbonyl (C=O) groups is 1. The lowest BCUT2D eigenvalue weighted by Crippen LogP contribution is -2.14. The number of carbonyl (C=O) groups excluding carboxylic acids is 1. The van der Waals surface area contributed by atoms with E-state index in [0.29, 0.717) is 23.8 Å². The van der Waals surface area contributed by atoms with Crippen molar-refractivity contribution in [2.45, 2.75) is 13.8 Å². The fourth-order valence-electron chi connectivity index (χ4n) is 0.961. The maximum absolute atomic E-state index is 11.6. The van der Waals surface area contributed by atoms with Gasteiger partial charge in [-0.1, -0.05) is 4.49 Å². The number of nitrogens with zero attached hydrogens (tertiary/aromatic N) is 2. The van der Waals surface area contributed by atoms with E-state index in [0.717, 1.165) is 0 Å². The molecule has 0 saturated heterocycles. The van der Waals surface area contributed by atoms with Crippen molar-refractivity contribution in [2.75, 3.05) is 25.1 Å². The molecule has 0 saturated carbocycles. The highest BCUT2D eigenvalue weighted by Crippen LogP contribution is 2.10. The molecule has 7 nitrogen and oxygen atoms in total. The van der Waals surface area contributed by atoms with Crippen LogP contribution in [0.4, 0.5) is 5.00 Å². The molecule has 1 aromatic heterocycles. The molecule has 1 N–H and O–H groups in total. The molecule has 0 spiro atoms. The fourth-order valence-corrected chi connectivity index (χ4v) is 1.35. The number of hydrogen-bond acceptors (Lipinski definition) is 8. The zero-order valence-corrected chi connectivity index (χ0v) is 11.0. The first-order valence-electron chi connectivity index (χ1n) is 5.42. The molecule has 100 valence electrons. The highest BCUT2D eigenvalue weighted by molar-refractivity contribution is 7.09. The third-order valence-electron chi connectivity index (χ3n) is 1.70. The number of nitrogens with one attached hydrogen (secondary N) is 1. The van der Waals surface area contributed by atoms with Gasteiger partial charge >= 0.3 is 5.97 Å². The van der Waals surface area contributed by atoms with Crippen molar-refractivity contribution in [3.63, 3.8) is 0 Å². The summed E-state index contributed by atoms with van der Waals surface area (Å²) in [5.41, 5.74) is 0.318. The molecular weight excluding hydrogens is 258 g/mol. The van der Waals surface area contributed by atoms with Crippen LogP contribution < -0.4 is 5.32 Å². The predicted octanol–water partition coefficient (Wildman–Crippen LogP) is 1.37. The molecule has 0 fully saturated rings. The van der Waals surface area contributed by atoms with E-state index in [2.05, 4.69) is 14.9 Å². The lowest BCUT2D eigenvalue weighted by Gasteiger charge is -2.07. The smallest absolute Gasteiger partial charge is 0.337 e. The molecule has 1 heterocycles. The van der Waals surface area contributed by atoms with Crippen molar-refractivity contribution in [3.8, 4) is 0 Å². The summed E-state index contributed by atoms with van der Waals surface area (Å²) in [5, 5.41) is 7.26. The van der Waals surface area contributed by atoms with E-state index in [-0.39, 0.29) is 6.61 Å². The van der Waals surface area contributed by atoms with Crippen molar-refractivity contribution in [1.82, 2.24) is 9.59 Å². The minimum absolute atomic E-state index is 0.00586. The van der Waals surface area contributed by atoms with Crippen molar-refractivity contribution in [3.05, 3.63) is 18.0 Å². The van der Waals surface area contributed by atoms with E-state index in [1.165, 1.54) is 17.7 Å². The minimum atomic E-state index is -0.456. The van der Waals surface area contributed by atoms with E-state index >= 15 is 0 Å². The third-order valence-corrected chi connectivity index (χ3v) is 2.30. The number of rotatable bonds is 8. The van der Waals surface area contributed by atoms with E-state index < -0.39 is 5.97 Å². The maximum Gasteiger partial charge on any atom is 0.337 e. The Kier molecular flexibility index (Phi) is 6.92. The topological polar surface area (TPSA) is 82.6 Å². The summed E-state index contributed by atoms with van der Waals surface area (Å²) in [4.78, 5) is 21.2. The van der Waals surface area contributed by atoms with Crippen LogP contribution in [0.5, 0.6) is 0 Å². The first kappa shape index (κ1) is 14.6. The van der Waals surface area contributed by atoms with Crippen LogP contribution in [0.15, 0.2) is 18.0 Å². The molecule has 0 bridgehead atoms. The summed E-state index contributed by atoms with van der Waals surface area (Å²) in [7, 11) is 0. The molecule has 0 atom stereocenters. The molecule has 0 aliphatic rings. The number of esters is 1. The van der Waals surface area contributed by atoms with Crippen molar-refractivity contribution < 1.29 is 19.3 Å². The van der Waals surface area contributed by atoms with Crippen LogP contribution in [-0.2, 0) is 19.3 Å². The van der Waals surface area contributed by atoms with E-state index in [1.54, 1.807) is 20.0 Å². The minimum Gasteiger partial charge on any atom is -0.463 e. The molecule has 0 unspecified atom stereocenters. The molecule has 0 radical (unpaired) electrons. The highest BCUT2D eigenvalue weighted by atomic mass is 32.1. The van der Waals surface area contributed by atoms with Gasteiger partial charge in [-0.2, -0.15) is 0 Å². The molecule has 1 rings (SSSR count). The van der Waals surface area contributed by atoms with Gasteiger partial charge in [-0.3, -0.25) is 0 Å². The number of ether oxygens (including phenoxy) is 1. The van der Waals surface area contributed by atoms with Gasteiger partial charge in [-0.15, -0.1) is 5.10 Å². The summed E-state index contributed by atoms with van der Waals surface area (Å²) < 4.78 is 8.58. The first-order valence-corrected chi connectivity index (χ1v) is 6.19. The summed E-state index contributed by atoms with van der Waals surface area (Å²) in [6.07, 6.45) is 3.04. The second kappa shape index (κ2) is 8.56. The molecule has 0 aromatic carbocycles. The Balaban J connectivity index is 2.57. The summed E-state index contributed by atoms with van der Waals surface area (Å²) in [6.45, 7) is 4.23. The SMILES string of the molecule is CCOOC/C(=C\Nc1cnns1)C(=O)OCC.